The van der Waals surface area contributed by atoms with Crippen LogP contribution < -0.4 is 5.32 Å². The van der Waals surface area contributed by atoms with Crippen molar-refractivity contribution in [2.75, 3.05) is 59.2 Å². The van der Waals surface area contributed by atoms with Crippen LogP contribution in [0.5, 0.6) is 0 Å². The van der Waals surface area contributed by atoms with Crippen molar-refractivity contribution in [2.24, 2.45) is 17.8 Å². The van der Waals surface area contributed by atoms with Crippen LogP contribution in [0.4, 0.5) is 0 Å². The van der Waals surface area contributed by atoms with E-state index in [0.29, 0.717) is 39.1 Å². The van der Waals surface area contributed by atoms with Gasteiger partial charge in [-0.25, -0.2) is 0 Å². The molecule has 274 valence electrons. The molecule has 3 amide bonds. The predicted octanol–water partition coefficient (Wildman–Crippen LogP) is 2.47. The van der Waals surface area contributed by atoms with E-state index in [1.54, 1.807) is 17.1 Å². The smallest absolute Gasteiger partial charge is 0.306 e. The van der Waals surface area contributed by atoms with Crippen molar-refractivity contribution in [2.45, 2.75) is 67.8 Å². The summed E-state index contributed by atoms with van der Waals surface area (Å²) in [6, 6.07) is 6.79. The number of hydrogen-bond acceptors (Lipinski definition) is 9. The van der Waals surface area contributed by atoms with E-state index in [0.717, 1.165) is 18.7 Å². The molecule has 1 aromatic carbocycles. The van der Waals surface area contributed by atoms with Gasteiger partial charge in [0.1, 0.15) is 18.2 Å². The van der Waals surface area contributed by atoms with Gasteiger partial charge in [0.2, 0.25) is 17.7 Å². The lowest BCUT2D eigenvalue weighted by Crippen LogP contribution is -2.60. The van der Waals surface area contributed by atoms with E-state index in [2.05, 4.69) is 39.3 Å². The Labute approximate surface area is 303 Å². The molecule has 4 heterocycles. The van der Waals surface area contributed by atoms with Crippen LogP contribution in [0.15, 0.2) is 55.6 Å². The molecule has 0 saturated carbocycles. The summed E-state index contributed by atoms with van der Waals surface area (Å²) in [7, 11) is 0. The van der Waals surface area contributed by atoms with Crippen molar-refractivity contribution in [1.82, 2.24) is 20.0 Å². The minimum absolute atomic E-state index is 0.0989. The van der Waals surface area contributed by atoms with Crippen LogP contribution >= 0.6 is 15.9 Å². The molecule has 12 nitrogen and oxygen atoms in total. The molecule has 13 heteroatoms. The van der Waals surface area contributed by atoms with Crippen molar-refractivity contribution < 1.29 is 38.5 Å². The van der Waals surface area contributed by atoms with Crippen LogP contribution in [0.2, 0.25) is 0 Å². The fraction of sp³-hybridized carbons (Fsp3) is 0.622. The van der Waals surface area contributed by atoms with Crippen LogP contribution in [0, 0.1) is 17.8 Å². The molecular formula is C37H51BrN4O8. The topological polar surface area (TPSA) is 138 Å². The third-order valence-electron chi connectivity index (χ3n) is 10.5. The van der Waals surface area contributed by atoms with Gasteiger partial charge < -0.3 is 34.4 Å². The maximum absolute atomic E-state index is 14.8. The van der Waals surface area contributed by atoms with Gasteiger partial charge in [0.25, 0.3) is 0 Å². The molecule has 0 aromatic heterocycles. The Kier molecular flexibility index (Phi) is 12.9. The average molecular weight is 760 g/mol. The summed E-state index contributed by atoms with van der Waals surface area (Å²) in [5.41, 5.74) is -0.561. The first-order valence-corrected chi connectivity index (χ1v) is 18.6. The molecule has 2 bridgehead atoms. The molecule has 8 atom stereocenters. The highest BCUT2D eigenvalue weighted by atomic mass is 79.9. The first-order valence-electron chi connectivity index (χ1n) is 17.6. The Morgan fingerprint density at radius 1 is 1.18 bits per heavy atom. The quantitative estimate of drug-likeness (QED) is 0.140. The normalized spacial score (nSPS) is 28.6. The van der Waals surface area contributed by atoms with E-state index < -0.39 is 53.5 Å². The Balaban J connectivity index is 1.46. The number of carbonyl (C=O) groups excluding carboxylic acids is 4. The average Bonchev–Trinajstić information content (AvgIpc) is 3.71. The van der Waals surface area contributed by atoms with E-state index in [9.17, 15) is 24.3 Å². The number of nitrogens with one attached hydrogen (secondary N) is 1. The molecule has 4 aliphatic rings. The summed E-state index contributed by atoms with van der Waals surface area (Å²) in [4.78, 5) is 61.5. The van der Waals surface area contributed by atoms with Gasteiger partial charge in [0, 0.05) is 44.0 Å². The van der Waals surface area contributed by atoms with Gasteiger partial charge in [-0.15, -0.1) is 13.2 Å². The van der Waals surface area contributed by atoms with Crippen LogP contribution in [-0.4, -0.2) is 131 Å². The van der Waals surface area contributed by atoms with Gasteiger partial charge in [-0.1, -0.05) is 72.3 Å². The van der Waals surface area contributed by atoms with Crippen molar-refractivity contribution in [3.63, 3.8) is 0 Å². The Morgan fingerprint density at radius 2 is 1.90 bits per heavy atom. The number of likely N-dealkylation sites (tertiary alicyclic amines) is 1. The lowest BCUT2D eigenvalue weighted by atomic mass is 9.70. The summed E-state index contributed by atoms with van der Waals surface area (Å²) in [5, 5.41) is 13.7. The summed E-state index contributed by atoms with van der Waals surface area (Å²) < 4.78 is 17.8. The number of esters is 1. The van der Waals surface area contributed by atoms with Gasteiger partial charge in [-0.3, -0.25) is 24.1 Å². The number of allylic oxidation sites excluding steroid dienone is 1. The number of fused-ring (bicyclic) bond motifs is 1. The number of alkyl halides is 1. The Hall–Kier alpha value is -3.10. The maximum atomic E-state index is 14.8. The second-order valence-electron chi connectivity index (χ2n) is 13.9. The minimum atomic E-state index is -1.30. The van der Waals surface area contributed by atoms with Crippen molar-refractivity contribution in [3.05, 3.63) is 61.2 Å². The molecule has 4 saturated heterocycles. The fourth-order valence-corrected chi connectivity index (χ4v) is 8.92. The van der Waals surface area contributed by atoms with Crippen molar-refractivity contribution in [3.8, 4) is 0 Å². The minimum Gasteiger partial charge on any atom is -0.463 e. The first kappa shape index (κ1) is 38.1. The highest BCUT2D eigenvalue weighted by molar-refractivity contribution is 9.09. The number of nitrogens with zero attached hydrogens (tertiary/aromatic N) is 3. The maximum Gasteiger partial charge on any atom is 0.306 e. The monoisotopic (exact) mass is 758 g/mol. The predicted molar refractivity (Wildman–Crippen MR) is 190 cm³/mol. The van der Waals surface area contributed by atoms with Crippen LogP contribution in [0.1, 0.15) is 44.7 Å². The molecule has 2 N–H and O–H groups in total. The van der Waals surface area contributed by atoms with Gasteiger partial charge in [-0.2, -0.15) is 0 Å². The van der Waals surface area contributed by atoms with Gasteiger partial charge in [0.15, 0.2) is 0 Å². The summed E-state index contributed by atoms with van der Waals surface area (Å²) >= 11 is 3.75. The van der Waals surface area contributed by atoms with E-state index in [1.165, 1.54) is 4.90 Å². The molecular weight excluding hydrogens is 708 g/mol. The molecule has 0 radical (unpaired) electrons. The number of rotatable bonds is 17. The van der Waals surface area contributed by atoms with Crippen LogP contribution in [-0.2, 0) is 33.4 Å². The number of hydrogen-bond donors (Lipinski definition) is 2. The number of aliphatic hydroxyl groups excluding tert-OH is 1. The van der Waals surface area contributed by atoms with Gasteiger partial charge in [-0.05, 0) is 24.3 Å². The molecule has 0 aliphatic carbocycles. The lowest BCUT2D eigenvalue weighted by molar-refractivity contribution is -0.152. The molecule has 1 spiro atoms. The zero-order valence-electron chi connectivity index (χ0n) is 29.1. The summed E-state index contributed by atoms with van der Waals surface area (Å²) in [6.45, 7) is 15.0. The molecule has 4 aliphatic heterocycles. The van der Waals surface area contributed by atoms with E-state index in [1.807, 2.05) is 44.2 Å². The standard InChI is InChI=1S/C37H51BrN4O8/c1-5-7-13-29(44)49-23-27(25-11-9-8-10-12-25)39-34(45)30-31-35(46)42(28(22-43)24(3)4)33(37(31)21-26(38)32(30)50-37)36(47)41(14-6-2)16-15-40-17-19-48-20-18-40/h5-6,8-12,24,26-28,30-33,43H,1-2,7,13-23H2,3-4H3,(H,39,45)/t26?,27-,28-,30-,31+,32-,33-,37+/m0/s1. The number of morpholine rings is 1. The number of benzene rings is 1. The number of halogens is 1. The zero-order valence-corrected chi connectivity index (χ0v) is 30.7. The third-order valence-corrected chi connectivity index (χ3v) is 11.4. The SMILES string of the molecule is C=CCCC(=O)OC[C@H](NC(=O)[C@@H]1[C@H]2O[C@@]3(CC2Br)[C@H](C(=O)N(CC=C)CCN2CCOCC2)N([C@@H](CO)C(C)C)C(=O)[C@@H]13)c1ccccc1. The van der Waals surface area contributed by atoms with Crippen molar-refractivity contribution in [1.29, 1.82) is 0 Å². The molecule has 5 rings (SSSR count). The number of carbonyl (C=O) groups is 4. The highest BCUT2D eigenvalue weighted by Gasteiger charge is 2.77. The Bertz CT molecular complexity index is 1390. The zero-order chi connectivity index (χ0) is 36.0. The van der Waals surface area contributed by atoms with Gasteiger partial charge in [0.05, 0.1) is 49.8 Å². The van der Waals surface area contributed by atoms with Crippen LogP contribution in [0.3, 0.4) is 0 Å². The van der Waals surface area contributed by atoms with E-state index in [4.69, 9.17) is 14.2 Å². The number of amides is 3. The van der Waals surface area contributed by atoms with E-state index in [-0.39, 0.29) is 48.7 Å². The third kappa shape index (κ3) is 7.72. The molecule has 1 unspecified atom stereocenters. The number of ether oxygens (including phenoxy) is 3. The van der Waals surface area contributed by atoms with E-state index >= 15 is 0 Å². The summed E-state index contributed by atoms with van der Waals surface area (Å²) in [5.74, 6) is -3.58. The molecule has 1 aromatic rings. The second-order valence-corrected chi connectivity index (χ2v) is 15.1. The fourth-order valence-electron chi connectivity index (χ4n) is 7.97. The largest absolute Gasteiger partial charge is 0.463 e. The van der Waals surface area contributed by atoms with Crippen LogP contribution in [0.25, 0.3) is 0 Å². The summed E-state index contributed by atoms with van der Waals surface area (Å²) in [6.07, 6.45) is 3.62. The number of aliphatic hydroxyl groups is 1. The lowest BCUT2D eigenvalue weighted by Gasteiger charge is -2.41. The Morgan fingerprint density at radius 3 is 2.54 bits per heavy atom. The highest BCUT2D eigenvalue weighted by Crippen LogP contribution is 2.60. The molecule has 50 heavy (non-hydrogen) atoms. The molecule has 4 fully saturated rings. The van der Waals surface area contributed by atoms with Gasteiger partial charge >= 0.3 is 5.97 Å². The first-order chi connectivity index (χ1) is 24.1. The second kappa shape index (κ2) is 16.9. The van der Waals surface area contributed by atoms with Crippen molar-refractivity contribution >= 4 is 39.6 Å².